The third-order valence-corrected chi connectivity index (χ3v) is 4.30. The minimum atomic E-state index is 0.192. The van der Waals surface area contributed by atoms with Gasteiger partial charge in [-0.3, -0.25) is 9.69 Å². The number of carbonyl (C=O) groups is 1. The van der Waals surface area contributed by atoms with Crippen molar-refractivity contribution < 1.29 is 4.79 Å². The van der Waals surface area contributed by atoms with Gasteiger partial charge in [-0.1, -0.05) is 6.07 Å². The lowest BCUT2D eigenvalue weighted by atomic mass is 10.2. The van der Waals surface area contributed by atoms with Crippen LogP contribution in [0.1, 0.15) is 11.3 Å². The Labute approximate surface area is 113 Å². The van der Waals surface area contributed by atoms with Crippen LogP contribution in [-0.4, -0.2) is 55.5 Å². The number of likely N-dealkylation sites (N-methyl/N-ethyl adjacent to an activating group) is 2. The van der Waals surface area contributed by atoms with Gasteiger partial charge in [0.05, 0.1) is 13.1 Å². The topological polar surface area (TPSA) is 35.6 Å². The van der Waals surface area contributed by atoms with Gasteiger partial charge in [0.15, 0.2) is 0 Å². The Morgan fingerprint density at radius 3 is 3.00 bits per heavy atom. The van der Waals surface area contributed by atoms with Crippen molar-refractivity contribution in [3.63, 3.8) is 0 Å². The van der Waals surface area contributed by atoms with Crippen molar-refractivity contribution in [2.24, 2.45) is 0 Å². The van der Waals surface area contributed by atoms with Crippen LogP contribution in [0.3, 0.4) is 0 Å². The maximum Gasteiger partial charge on any atom is 0.236 e. The first kappa shape index (κ1) is 13.5. The van der Waals surface area contributed by atoms with Crippen LogP contribution in [0.5, 0.6) is 0 Å². The summed E-state index contributed by atoms with van der Waals surface area (Å²) >= 11 is 1.70. The summed E-state index contributed by atoms with van der Waals surface area (Å²) in [6.45, 7) is 3.29. The van der Waals surface area contributed by atoms with E-state index in [0.717, 1.165) is 19.5 Å². The fraction of sp³-hybridized carbons (Fsp3) is 0.615. The van der Waals surface area contributed by atoms with E-state index in [-0.39, 0.29) is 5.91 Å². The van der Waals surface area contributed by atoms with Crippen molar-refractivity contribution in [3.05, 3.63) is 22.4 Å². The van der Waals surface area contributed by atoms with E-state index in [1.165, 1.54) is 4.88 Å². The standard InChI is InChI=1S/C13H21N3OS/c1-15(11-5-6-14-8-11)10-13(17)16(2)9-12-4-3-7-18-12/h3-4,7,11,14H,5-6,8-10H2,1-2H3. The van der Waals surface area contributed by atoms with E-state index in [4.69, 9.17) is 0 Å². The van der Waals surface area contributed by atoms with Crippen molar-refractivity contribution in [2.75, 3.05) is 33.7 Å². The van der Waals surface area contributed by atoms with Gasteiger partial charge in [-0.15, -0.1) is 11.3 Å². The highest BCUT2D eigenvalue weighted by Crippen LogP contribution is 2.11. The quantitative estimate of drug-likeness (QED) is 0.864. The van der Waals surface area contributed by atoms with Gasteiger partial charge in [0.25, 0.3) is 0 Å². The molecule has 0 saturated carbocycles. The molecule has 5 heteroatoms. The van der Waals surface area contributed by atoms with Gasteiger partial charge in [-0.05, 0) is 31.5 Å². The van der Waals surface area contributed by atoms with E-state index in [2.05, 4.69) is 16.3 Å². The van der Waals surface area contributed by atoms with Gasteiger partial charge in [-0.25, -0.2) is 0 Å². The Hall–Kier alpha value is -0.910. The smallest absolute Gasteiger partial charge is 0.236 e. The predicted octanol–water partition coefficient (Wildman–Crippen LogP) is 1.00. The second-order valence-electron chi connectivity index (χ2n) is 4.89. The van der Waals surface area contributed by atoms with Crippen LogP contribution in [0, 0.1) is 0 Å². The molecule has 1 aromatic rings. The number of thiophene rings is 1. The third kappa shape index (κ3) is 3.54. The summed E-state index contributed by atoms with van der Waals surface area (Å²) in [4.78, 5) is 17.3. The molecule has 0 radical (unpaired) electrons. The van der Waals surface area contributed by atoms with Crippen LogP contribution in [0.4, 0.5) is 0 Å². The maximum absolute atomic E-state index is 12.1. The molecule has 2 rings (SSSR count). The number of rotatable bonds is 5. The van der Waals surface area contributed by atoms with E-state index in [1.807, 2.05) is 30.4 Å². The van der Waals surface area contributed by atoms with Crippen molar-refractivity contribution in [1.82, 2.24) is 15.1 Å². The highest BCUT2D eigenvalue weighted by Gasteiger charge is 2.22. The molecule has 1 unspecified atom stereocenters. The van der Waals surface area contributed by atoms with Crippen molar-refractivity contribution in [1.29, 1.82) is 0 Å². The van der Waals surface area contributed by atoms with Gasteiger partial charge < -0.3 is 10.2 Å². The Morgan fingerprint density at radius 1 is 1.56 bits per heavy atom. The highest BCUT2D eigenvalue weighted by atomic mass is 32.1. The van der Waals surface area contributed by atoms with Crippen molar-refractivity contribution in [2.45, 2.75) is 19.0 Å². The minimum Gasteiger partial charge on any atom is -0.340 e. The lowest BCUT2D eigenvalue weighted by Crippen LogP contribution is -2.41. The Kier molecular flexibility index (Phi) is 4.74. The van der Waals surface area contributed by atoms with Crippen molar-refractivity contribution >= 4 is 17.2 Å². The van der Waals surface area contributed by atoms with Gasteiger partial charge in [0, 0.05) is 24.5 Å². The number of amides is 1. The number of hydrogen-bond acceptors (Lipinski definition) is 4. The number of hydrogen-bond donors (Lipinski definition) is 1. The fourth-order valence-corrected chi connectivity index (χ4v) is 2.96. The molecule has 1 aliphatic heterocycles. The largest absolute Gasteiger partial charge is 0.340 e. The average molecular weight is 267 g/mol. The van der Waals surface area contributed by atoms with E-state index in [9.17, 15) is 4.79 Å². The number of nitrogens with one attached hydrogen (secondary N) is 1. The summed E-state index contributed by atoms with van der Waals surface area (Å²) in [6.07, 6.45) is 1.14. The van der Waals surface area contributed by atoms with Gasteiger partial charge in [-0.2, -0.15) is 0 Å². The zero-order valence-corrected chi connectivity index (χ0v) is 11.9. The molecule has 100 valence electrons. The molecule has 1 aromatic heterocycles. The SMILES string of the molecule is CN(Cc1cccs1)C(=O)CN(C)C1CCNC1. The van der Waals surface area contributed by atoms with Crippen LogP contribution in [-0.2, 0) is 11.3 Å². The summed E-state index contributed by atoms with van der Waals surface area (Å²) in [5, 5.41) is 5.37. The van der Waals surface area contributed by atoms with Crippen LogP contribution in [0.25, 0.3) is 0 Å². The van der Waals surface area contributed by atoms with Crippen LogP contribution >= 0.6 is 11.3 Å². The molecule has 0 aromatic carbocycles. The normalized spacial score (nSPS) is 19.4. The first-order chi connectivity index (χ1) is 8.66. The van der Waals surface area contributed by atoms with Gasteiger partial charge in [0.1, 0.15) is 0 Å². The molecule has 1 fully saturated rings. The molecule has 1 atom stereocenters. The molecule has 0 bridgehead atoms. The third-order valence-electron chi connectivity index (χ3n) is 3.44. The van der Waals surface area contributed by atoms with Gasteiger partial charge in [0.2, 0.25) is 5.91 Å². The summed E-state index contributed by atoms with van der Waals surface area (Å²) in [7, 11) is 3.91. The molecule has 4 nitrogen and oxygen atoms in total. The predicted molar refractivity (Wildman–Crippen MR) is 74.7 cm³/mol. The van der Waals surface area contributed by atoms with Crippen LogP contribution < -0.4 is 5.32 Å². The molecule has 0 aliphatic carbocycles. The number of nitrogens with zero attached hydrogens (tertiary/aromatic N) is 2. The molecule has 1 saturated heterocycles. The Balaban J connectivity index is 1.79. The summed E-state index contributed by atoms with van der Waals surface area (Å²) in [5.74, 6) is 0.192. The van der Waals surface area contributed by atoms with Crippen LogP contribution in [0.2, 0.25) is 0 Å². The number of carbonyl (C=O) groups excluding carboxylic acids is 1. The molecular formula is C13H21N3OS. The van der Waals surface area contributed by atoms with Crippen molar-refractivity contribution in [3.8, 4) is 0 Å². The maximum atomic E-state index is 12.1. The summed E-state index contributed by atoms with van der Waals surface area (Å²) in [6, 6.07) is 4.59. The lowest BCUT2D eigenvalue weighted by molar-refractivity contribution is -0.131. The molecule has 1 aliphatic rings. The highest BCUT2D eigenvalue weighted by molar-refractivity contribution is 7.09. The first-order valence-corrected chi connectivity index (χ1v) is 7.22. The molecule has 18 heavy (non-hydrogen) atoms. The fourth-order valence-electron chi connectivity index (χ4n) is 2.20. The second-order valence-corrected chi connectivity index (χ2v) is 5.92. The van der Waals surface area contributed by atoms with E-state index in [0.29, 0.717) is 19.1 Å². The molecule has 2 heterocycles. The van der Waals surface area contributed by atoms with E-state index in [1.54, 1.807) is 11.3 Å². The summed E-state index contributed by atoms with van der Waals surface area (Å²) in [5.41, 5.74) is 0. The van der Waals surface area contributed by atoms with Crippen LogP contribution in [0.15, 0.2) is 17.5 Å². The summed E-state index contributed by atoms with van der Waals surface area (Å²) < 4.78 is 0. The van der Waals surface area contributed by atoms with E-state index < -0.39 is 0 Å². The molecular weight excluding hydrogens is 246 g/mol. The molecule has 1 amide bonds. The average Bonchev–Trinajstić information content (AvgIpc) is 3.01. The van der Waals surface area contributed by atoms with Gasteiger partial charge >= 0.3 is 0 Å². The minimum absolute atomic E-state index is 0.192. The zero-order valence-electron chi connectivity index (χ0n) is 11.1. The van der Waals surface area contributed by atoms with E-state index >= 15 is 0 Å². The Bertz CT molecular complexity index is 374. The first-order valence-electron chi connectivity index (χ1n) is 6.34. The molecule has 0 spiro atoms. The molecule has 1 N–H and O–H groups in total. The second kappa shape index (κ2) is 6.31. The zero-order chi connectivity index (χ0) is 13.0. The Morgan fingerprint density at radius 2 is 2.39 bits per heavy atom. The monoisotopic (exact) mass is 267 g/mol. The lowest BCUT2D eigenvalue weighted by Gasteiger charge is -2.25.